The summed E-state index contributed by atoms with van der Waals surface area (Å²) in [5, 5.41) is 3.00. The second-order valence-corrected chi connectivity index (χ2v) is 6.07. The number of hydrogen-bond acceptors (Lipinski definition) is 2. The number of anilines is 2. The molecule has 0 saturated carbocycles. The molecule has 0 aromatic heterocycles. The maximum Gasteiger partial charge on any atom is 0.146 e. The maximum absolute atomic E-state index is 13.7. The third kappa shape index (κ3) is 3.52. The van der Waals surface area contributed by atoms with Gasteiger partial charge in [-0.3, -0.25) is 0 Å². The zero-order chi connectivity index (χ0) is 14.0. The molecule has 0 fully saturated rings. The minimum atomic E-state index is -0.347. The first-order chi connectivity index (χ1) is 8.97. The molecule has 0 spiro atoms. The monoisotopic (exact) mass is 402 g/mol. The van der Waals surface area contributed by atoms with E-state index in [2.05, 4.69) is 37.2 Å². The van der Waals surface area contributed by atoms with Crippen LogP contribution in [0.1, 0.15) is 5.56 Å². The molecule has 0 aliphatic heterocycles. The largest absolute Gasteiger partial charge is 0.389 e. The van der Waals surface area contributed by atoms with Crippen molar-refractivity contribution in [2.24, 2.45) is 5.73 Å². The van der Waals surface area contributed by atoms with Gasteiger partial charge in [0.05, 0.1) is 5.69 Å². The highest BCUT2D eigenvalue weighted by molar-refractivity contribution is 9.10. The number of halogens is 3. The lowest BCUT2D eigenvalue weighted by Crippen LogP contribution is -2.12. The molecule has 0 atom stereocenters. The van der Waals surface area contributed by atoms with Crippen molar-refractivity contribution in [2.45, 2.75) is 0 Å². The molecular formula is C13H9Br2FN2S. The summed E-state index contributed by atoms with van der Waals surface area (Å²) < 4.78 is 15.4. The maximum atomic E-state index is 13.7. The average molecular weight is 404 g/mol. The van der Waals surface area contributed by atoms with Gasteiger partial charge in [-0.15, -0.1) is 0 Å². The van der Waals surface area contributed by atoms with Crippen LogP contribution in [-0.2, 0) is 0 Å². The van der Waals surface area contributed by atoms with E-state index in [1.54, 1.807) is 24.3 Å². The van der Waals surface area contributed by atoms with Gasteiger partial charge in [0.15, 0.2) is 0 Å². The van der Waals surface area contributed by atoms with Gasteiger partial charge in [0.25, 0.3) is 0 Å². The molecule has 19 heavy (non-hydrogen) atoms. The van der Waals surface area contributed by atoms with Crippen molar-refractivity contribution in [3.8, 4) is 0 Å². The van der Waals surface area contributed by atoms with E-state index in [1.165, 1.54) is 6.07 Å². The third-order valence-electron chi connectivity index (χ3n) is 2.44. The zero-order valence-electron chi connectivity index (χ0n) is 9.58. The molecule has 98 valence electrons. The summed E-state index contributed by atoms with van der Waals surface area (Å²) in [6.07, 6.45) is 0. The lowest BCUT2D eigenvalue weighted by atomic mass is 10.1. The molecule has 2 nitrogen and oxygen atoms in total. The van der Waals surface area contributed by atoms with Crippen molar-refractivity contribution >= 4 is 60.4 Å². The molecule has 0 aliphatic rings. The summed E-state index contributed by atoms with van der Waals surface area (Å²) in [5.74, 6) is -0.347. The first kappa shape index (κ1) is 14.4. The van der Waals surface area contributed by atoms with E-state index in [0.29, 0.717) is 16.9 Å². The quantitative estimate of drug-likeness (QED) is 0.727. The van der Waals surface area contributed by atoms with Gasteiger partial charge in [-0.25, -0.2) is 4.39 Å². The van der Waals surface area contributed by atoms with E-state index >= 15 is 0 Å². The van der Waals surface area contributed by atoms with Gasteiger partial charge in [0, 0.05) is 20.2 Å². The lowest BCUT2D eigenvalue weighted by Gasteiger charge is -2.12. The summed E-state index contributed by atoms with van der Waals surface area (Å²) in [4.78, 5) is 0.249. The van der Waals surface area contributed by atoms with Crippen molar-refractivity contribution in [2.75, 3.05) is 5.32 Å². The molecule has 2 rings (SSSR count). The van der Waals surface area contributed by atoms with E-state index < -0.39 is 0 Å². The Morgan fingerprint density at radius 3 is 2.37 bits per heavy atom. The molecule has 0 saturated heterocycles. The van der Waals surface area contributed by atoms with Crippen LogP contribution in [0.4, 0.5) is 15.8 Å². The molecule has 3 N–H and O–H groups in total. The van der Waals surface area contributed by atoms with E-state index in [1.807, 2.05) is 6.07 Å². The fraction of sp³-hybridized carbons (Fsp3) is 0. The van der Waals surface area contributed by atoms with Crippen LogP contribution in [0.2, 0.25) is 0 Å². The molecule has 2 aromatic carbocycles. The first-order valence-corrected chi connectivity index (χ1v) is 7.28. The van der Waals surface area contributed by atoms with Gasteiger partial charge in [0.2, 0.25) is 0 Å². The Balaban J connectivity index is 2.43. The second kappa shape index (κ2) is 5.98. The highest BCUT2D eigenvalue weighted by Crippen LogP contribution is 2.27. The topological polar surface area (TPSA) is 38.0 Å². The van der Waals surface area contributed by atoms with Gasteiger partial charge in [0.1, 0.15) is 10.8 Å². The number of benzene rings is 2. The molecule has 2 aromatic rings. The van der Waals surface area contributed by atoms with Crippen LogP contribution in [0.25, 0.3) is 0 Å². The van der Waals surface area contributed by atoms with Crippen LogP contribution >= 0.6 is 44.1 Å². The van der Waals surface area contributed by atoms with Crippen LogP contribution in [0.5, 0.6) is 0 Å². The van der Waals surface area contributed by atoms with Crippen molar-refractivity contribution in [1.29, 1.82) is 0 Å². The minimum absolute atomic E-state index is 0.249. The van der Waals surface area contributed by atoms with Crippen LogP contribution < -0.4 is 11.1 Å². The predicted molar refractivity (Wildman–Crippen MR) is 87.4 cm³/mol. The average Bonchev–Trinajstić information content (AvgIpc) is 2.35. The summed E-state index contributed by atoms with van der Waals surface area (Å²) in [5.41, 5.74) is 7.34. The normalized spacial score (nSPS) is 10.3. The number of nitrogens with two attached hydrogens (primary N) is 1. The molecule has 0 unspecified atom stereocenters. The number of thiocarbonyl (C=S) groups is 1. The fourth-order valence-electron chi connectivity index (χ4n) is 1.57. The summed E-state index contributed by atoms with van der Waals surface area (Å²) >= 11 is 11.7. The smallest absolute Gasteiger partial charge is 0.146 e. The SMILES string of the molecule is NC(=S)c1cc(Br)ccc1Nc1cc(Br)ccc1F. The standard InChI is InChI=1S/C13H9Br2FN2S/c14-7-2-4-11(9(5-7)13(17)19)18-12-6-8(15)1-3-10(12)16/h1-6,18H,(H2,17,19). The van der Waals surface area contributed by atoms with Crippen LogP contribution in [0.15, 0.2) is 45.3 Å². The summed E-state index contributed by atoms with van der Waals surface area (Å²) in [6, 6.07) is 10.1. The Labute approximate surface area is 132 Å². The predicted octanol–water partition coefficient (Wildman–Crippen LogP) is 4.73. The van der Waals surface area contributed by atoms with Crippen molar-refractivity contribution in [1.82, 2.24) is 0 Å². The van der Waals surface area contributed by atoms with Crippen LogP contribution in [0, 0.1) is 5.82 Å². The Kier molecular flexibility index (Phi) is 4.54. The molecule has 0 heterocycles. The van der Waals surface area contributed by atoms with Gasteiger partial charge in [-0.2, -0.15) is 0 Å². The summed E-state index contributed by atoms with van der Waals surface area (Å²) in [7, 11) is 0. The van der Waals surface area contributed by atoms with Gasteiger partial charge < -0.3 is 11.1 Å². The fourth-order valence-corrected chi connectivity index (χ4v) is 2.46. The van der Waals surface area contributed by atoms with Crippen molar-refractivity contribution in [3.63, 3.8) is 0 Å². The minimum Gasteiger partial charge on any atom is -0.389 e. The molecule has 0 aliphatic carbocycles. The second-order valence-electron chi connectivity index (χ2n) is 3.80. The molecule has 0 amide bonds. The third-order valence-corrected chi connectivity index (χ3v) is 3.65. The van der Waals surface area contributed by atoms with E-state index in [-0.39, 0.29) is 10.8 Å². The van der Waals surface area contributed by atoms with Gasteiger partial charge in [-0.1, -0.05) is 44.1 Å². The number of rotatable bonds is 3. The first-order valence-electron chi connectivity index (χ1n) is 5.29. The van der Waals surface area contributed by atoms with Crippen LogP contribution in [-0.4, -0.2) is 4.99 Å². The lowest BCUT2D eigenvalue weighted by molar-refractivity contribution is 0.631. The highest BCUT2D eigenvalue weighted by atomic mass is 79.9. The molecule has 0 bridgehead atoms. The zero-order valence-corrected chi connectivity index (χ0v) is 13.6. The molecule has 0 radical (unpaired) electrons. The van der Waals surface area contributed by atoms with Gasteiger partial charge in [-0.05, 0) is 36.4 Å². The summed E-state index contributed by atoms with van der Waals surface area (Å²) in [6.45, 7) is 0. The van der Waals surface area contributed by atoms with E-state index in [4.69, 9.17) is 18.0 Å². The van der Waals surface area contributed by atoms with Gasteiger partial charge >= 0.3 is 0 Å². The van der Waals surface area contributed by atoms with Crippen molar-refractivity contribution in [3.05, 3.63) is 56.7 Å². The Hall–Kier alpha value is -0.980. The molecule has 6 heteroatoms. The van der Waals surface area contributed by atoms with Crippen LogP contribution in [0.3, 0.4) is 0 Å². The number of hydrogen-bond donors (Lipinski definition) is 2. The highest BCUT2D eigenvalue weighted by Gasteiger charge is 2.09. The van der Waals surface area contributed by atoms with E-state index in [9.17, 15) is 4.39 Å². The van der Waals surface area contributed by atoms with Crippen molar-refractivity contribution < 1.29 is 4.39 Å². The number of nitrogens with one attached hydrogen (secondary N) is 1. The Morgan fingerprint density at radius 2 is 1.68 bits per heavy atom. The Bertz CT molecular complexity index is 647. The van der Waals surface area contributed by atoms with E-state index in [0.717, 1.165) is 8.95 Å². The Morgan fingerprint density at radius 1 is 1.05 bits per heavy atom. The molecular weight excluding hydrogens is 395 g/mol.